The molecule has 1 aliphatic heterocycles. The maximum atomic E-state index is 6.03. The quantitative estimate of drug-likeness (QED) is 0.690. The van der Waals surface area contributed by atoms with E-state index in [4.69, 9.17) is 14.2 Å². The van der Waals surface area contributed by atoms with Crippen LogP contribution in [0.3, 0.4) is 0 Å². The van der Waals surface area contributed by atoms with Crippen molar-refractivity contribution in [2.45, 2.75) is 18.9 Å². The highest BCUT2D eigenvalue weighted by Crippen LogP contribution is 2.27. The van der Waals surface area contributed by atoms with E-state index >= 15 is 0 Å². The van der Waals surface area contributed by atoms with Crippen molar-refractivity contribution in [3.8, 4) is 22.9 Å². The van der Waals surface area contributed by atoms with Gasteiger partial charge in [0.15, 0.2) is 5.13 Å². The number of nitrogens with one attached hydrogen (secondary N) is 1. The van der Waals surface area contributed by atoms with Gasteiger partial charge in [0.05, 0.1) is 32.2 Å². The first-order valence-corrected chi connectivity index (χ1v) is 9.61. The predicted octanol–water partition coefficient (Wildman–Crippen LogP) is 3.91. The molecule has 27 heavy (non-hydrogen) atoms. The van der Waals surface area contributed by atoms with Crippen molar-refractivity contribution in [2.75, 3.05) is 25.6 Å². The van der Waals surface area contributed by atoms with Crippen LogP contribution in [0, 0.1) is 0 Å². The number of nitrogens with zero attached hydrogens (tertiary/aromatic N) is 3. The molecule has 1 saturated heterocycles. The first kappa shape index (κ1) is 17.7. The van der Waals surface area contributed by atoms with Gasteiger partial charge in [-0.1, -0.05) is 0 Å². The molecule has 1 fully saturated rings. The Hall–Kier alpha value is -2.71. The molecule has 0 unspecified atom stereocenters. The van der Waals surface area contributed by atoms with Crippen LogP contribution >= 0.6 is 11.3 Å². The molecule has 0 aliphatic carbocycles. The van der Waals surface area contributed by atoms with E-state index in [1.165, 1.54) is 11.3 Å². The van der Waals surface area contributed by atoms with Crippen molar-refractivity contribution < 1.29 is 14.2 Å². The van der Waals surface area contributed by atoms with Gasteiger partial charge in [0.2, 0.25) is 0 Å². The Labute approximate surface area is 161 Å². The highest BCUT2D eigenvalue weighted by atomic mass is 32.1. The number of anilines is 2. The molecule has 0 spiro atoms. The van der Waals surface area contributed by atoms with E-state index in [2.05, 4.69) is 20.3 Å². The van der Waals surface area contributed by atoms with Crippen molar-refractivity contribution >= 4 is 22.3 Å². The summed E-state index contributed by atoms with van der Waals surface area (Å²) in [6.45, 7) is 1.50. The summed E-state index contributed by atoms with van der Waals surface area (Å²) in [4.78, 5) is 13.3. The Morgan fingerprint density at radius 3 is 2.78 bits per heavy atom. The minimum atomic E-state index is 0.196. The molecule has 140 valence electrons. The van der Waals surface area contributed by atoms with Crippen molar-refractivity contribution in [3.05, 3.63) is 42.0 Å². The first-order valence-electron chi connectivity index (χ1n) is 8.73. The molecule has 0 radical (unpaired) electrons. The molecule has 3 aromatic heterocycles. The number of methoxy groups -OCH3 is 1. The lowest BCUT2D eigenvalue weighted by atomic mass is 10.1. The molecule has 0 amide bonds. The van der Waals surface area contributed by atoms with Crippen LogP contribution in [0.25, 0.3) is 11.4 Å². The van der Waals surface area contributed by atoms with Gasteiger partial charge >= 0.3 is 0 Å². The van der Waals surface area contributed by atoms with Gasteiger partial charge in [-0.15, -0.1) is 11.3 Å². The average molecular weight is 384 g/mol. The van der Waals surface area contributed by atoms with E-state index in [1.54, 1.807) is 19.5 Å². The van der Waals surface area contributed by atoms with Gasteiger partial charge < -0.3 is 19.5 Å². The van der Waals surface area contributed by atoms with Crippen LogP contribution in [0.1, 0.15) is 12.8 Å². The molecule has 8 heteroatoms. The van der Waals surface area contributed by atoms with Crippen molar-refractivity contribution in [1.82, 2.24) is 15.0 Å². The number of rotatable bonds is 6. The average Bonchev–Trinajstić information content (AvgIpc) is 3.17. The Kier molecular flexibility index (Phi) is 5.45. The normalized spacial score (nSPS) is 14.7. The van der Waals surface area contributed by atoms with E-state index in [0.29, 0.717) is 5.82 Å². The molecular weight excluding hydrogens is 364 g/mol. The second-order valence-corrected chi connectivity index (χ2v) is 6.91. The number of hydrogen-bond acceptors (Lipinski definition) is 8. The van der Waals surface area contributed by atoms with Gasteiger partial charge in [-0.05, 0) is 18.2 Å². The Morgan fingerprint density at radius 2 is 2.00 bits per heavy atom. The molecule has 0 saturated carbocycles. The van der Waals surface area contributed by atoms with Crippen molar-refractivity contribution in [1.29, 1.82) is 0 Å². The van der Waals surface area contributed by atoms with Crippen LogP contribution in [0.5, 0.6) is 11.5 Å². The maximum Gasteiger partial charge on any atom is 0.188 e. The van der Waals surface area contributed by atoms with Crippen LogP contribution in [-0.2, 0) is 4.74 Å². The lowest BCUT2D eigenvalue weighted by Crippen LogP contribution is -2.25. The summed E-state index contributed by atoms with van der Waals surface area (Å²) >= 11 is 1.50. The van der Waals surface area contributed by atoms with Crippen molar-refractivity contribution in [3.63, 3.8) is 0 Å². The van der Waals surface area contributed by atoms with Gasteiger partial charge in [0.25, 0.3) is 0 Å². The van der Waals surface area contributed by atoms with Crippen molar-refractivity contribution in [2.24, 2.45) is 0 Å². The highest BCUT2D eigenvalue weighted by Gasteiger charge is 2.15. The highest BCUT2D eigenvalue weighted by molar-refractivity contribution is 7.14. The van der Waals surface area contributed by atoms with E-state index in [1.807, 2.05) is 29.6 Å². The second-order valence-electron chi connectivity index (χ2n) is 6.05. The molecule has 4 heterocycles. The lowest BCUT2D eigenvalue weighted by Gasteiger charge is -2.23. The molecule has 1 aliphatic rings. The van der Waals surface area contributed by atoms with Gasteiger partial charge in [-0.3, -0.25) is 4.98 Å². The van der Waals surface area contributed by atoms with Crippen LogP contribution in [0.4, 0.5) is 10.9 Å². The molecule has 1 N–H and O–H groups in total. The number of thiazole rings is 1. The number of ether oxygens (including phenoxy) is 3. The topological polar surface area (TPSA) is 78.4 Å². The SMILES string of the molecule is COc1ccc(-c2csc(Nc3cc(OC4CCOCC4)ccn3)n2)nc1. The zero-order valence-electron chi connectivity index (χ0n) is 14.9. The van der Waals surface area contributed by atoms with Crippen LogP contribution in [-0.4, -0.2) is 41.4 Å². The van der Waals surface area contributed by atoms with E-state index in [9.17, 15) is 0 Å². The number of pyridine rings is 2. The predicted molar refractivity (Wildman–Crippen MR) is 104 cm³/mol. The Bertz CT molecular complexity index is 879. The molecule has 7 nitrogen and oxygen atoms in total. The largest absolute Gasteiger partial charge is 0.495 e. The molecule has 0 bridgehead atoms. The maximum absolute atomic E-state index is 6.03. The molecular formula is C19H20N4O3S. The number of hydrogen-bond donors (Lipinski definition) is 1. The summed E-state index contributed by atoms with van der Waals surface area (Å²) in [5, 5.41) is 5.94. The molecule has 4 rings (SSSR count). The summed E-state index contributed by atoms with van der Waals surface area (Å²) < 4.78 is 16.5. The minimum absolute atomic E-state index is 0.196. The summed E-state index contributed by atoms with van der Waals surface area (Å²) in [6.07, 6.45) is 5.43. The number of aromatic nitrogens is 3. The monoisotopic (exact) mass is 384 g/mol. The van der Waals surface area contributed by atoms with E-state index in [0.717, 1.165) is 54.1 Å². The fourth-order valence-corrected chi connectivity index (χ4v) is 3.46. The Balaban J connectivity index is 1.43. The summed E-state index contributed by atoms with van der Waals surface area (Å²) in [6, 6.07) is 7.52. The zero-order valence-corrected chi connectivity index (χ0v) is 15.7. The molecule has 3 aromatic rings. The van der Waals surface area contributed by atoms with Gasteiger partial charge in [-0.25, -0.2) is 9.97 Å². The standard InChI is InChI=1S/C19H20N4O3S/c1-24-15-2-3-16(21-11-15)17-12-27-19(22-17)23-18-10-14(4-7-20-18)26-13-5-8-25-9-6-13/h2-4,7,10-13H,5-6,8-9H2,1H3,(H,20,22,23). The third-order valence-electron chi connectivity index (χ3n) is 4.18. The Morgan fingerprint density at radius 1 is 1.11 bits per heavy atom. The van der Waals surface area contributed by atoms with E-state index in [-0.39, 0.29) is 6.10 Å². The second kappa shape index (κ2) is 8.32. The third kappa shape index (κ3) is 4.53. The zero-order chi connectivity index (χ0) is 18.5. The molecule has 0 aromatic carbocycles. The fraction of sp³-hybridized carbons (Fsp3) is 0.316. The van der Waals surface area contributed by atoms with Gasteiger partial charge in [-0.2, -0.15) is 0 Å². The lowest BCUT2D eigenvalue weighted by molar-refractivity contribution is 0.0256. The first-order chi connectivity index (χ1) is 13.3. The van der Waals surface area contributed by atoms with Gasteiger partial charge in [0.1, 0.15) is 29.1 Å². The van der Waals surface area contributed by atoms with E-state index < -0.39 is 0 Å². The minimum Gasteiger partial charge on any atom is -0.495 e. The smallest absolute Gasteiger partial charge is 0.188 e. The molecule has 0 atom stereocenters. The fourth-order valence-electron chi connectivity index (χ4n) is 2.75. The summed E-state index contributed by atoms with van der Waals surface area (Å²) in [5.74, 6) is 2.22. The van der Waals surface area contributed by atoms with Crippen LogP contribution in [0.15, 0.2) is 42.0 Å². The third-order valence-corrected chi connectivity index (χ3v) is 4.93. The summed E-state index contributed by atoms with van der Waals surface area (Å²) in [7, 11) is 1.62. The van der Waals surface area contributed by atoms with Crippen LogP contribution < -0.4 is 14.8 Å². The summed E-state index contributed by atoms with van der Waals surface area (Å²) in [5.41, 5.74) is 1.60. The van der Waals surface area contributed by atoms with Crippen LogP contribution in [0.2, 0.25) is 0 Å². The van der Waals surface area contributed by atoms with Gasteiger partial charge in [0, 0.05) is 30.5 Å².